The number of benzene rings is 1. The molecule has 2 aromatic rings. The predicted octanol–water partition coefficient (Wildman–Crippen LogP) is 2.34. The third-order valence-corrected chi connectivity index (χ3v) is 2.73. The van der Waals surface area contributed by atoms with Crippen LogP contribution in [0.1, 0.15) is 5.56 Å². The molecule has 4 heteroatoms. The molecule has 1 aromatic heterocycles. The van der Waals surface area contributed by atoms with E-state index in [9.17, 15) is 0 Å². The van der Waals surface area contributed by atoms with Crippen molar-refractivity contribution in [1.82, 2.24) is 14.8 Å². The molecule has 0 amide bonds. The van der Waals surface area contributed by atoms with Crippen LogP contribution >= 0.6 is 15.9 Å². The maximum absolute atomic E-state index is 3.75. The van der Waals surface area contributed by atoms with Crippen molar-refractivity contribution in [1.29, 1.82) is 0 Å². The minimum Gasteiger partial charge on any atom is -0.288 e. The number of halogens is 1. The molecular weight excluding hydrogens is 230 g/mol. The molecule has 0 fully saturated rings. The second kappa shape index (κ2) is 3.30. The molecule has 0 N–H and O–H groups in total. The van der Waals surface area contributed by atoms with Gasteiger partial charge in [0.1, 0.15) is 12.7 Å². The summed E-state index contributed by atoms with van der Waals surface area (Å²) in [6, 6.07) is 6.13. The summed E-state index contributed by atoms with van der Waals surface area (Å²) >= 11 is 3.48. The van der Waals surface area contributed by atoms with E-state index >= 15 is 0 Å². The van der Waals surface area contributed by atoms with Crippen LogP contribution in [0.3, 0.4) is 0 Å². The van der Waals surface area contributed by atoms with Crippen molar-refractivity contribution in [2.24, 2.45) is 0 Å². The van der Waals surface area contributed by atoms with Crippen molar-refractivity contribution in [2.45, 2.75) is 6.92 Å². The lowest BCUT2D eigenvalue weighted by Crippen LogP contribution is -1.90. The molecule has 0 aliphatic heterocycles. The smallest absolute Gasteiger partial charge is 0.123 e. The third-order valence-electron chi connectivity index (χ3n) is 1.87. The SMILES string of the molecule is Cc1ccc(-n2cnnc2)cc1Br. The maximum Gasteiger partial charge on any atom is 0.123 e. The van der Waals surface area contributed by atoms with Gasteiger partial charge in [-0.15, -0.1) is 10.2 Å². The van der Waals surface area contributed by atoms with E-state index in [4.69, 9.17) is 0 Å². The first-order valence-corrected chi connectivity index (χ1v) is 4.68. The van der Waals surface area contributed by atoms with Crippen LogP contribution in [-0.4, -0.2) is 14.8 Å². The first-order chi connectivity index (χ1) is 6.27. The van der Waals surface area contributed by atoms with Gasteiger partial charge < -0.3 is 0 Å². The van der Waals surface area contributed by atoms with Gasteiger partial charge in [0.2, 0.25) is 0 Å². The second-order valence-electron chi connectivity index (χ2n) is 2.80. The number of nitrogens with zero attached hydrogens (tertiary/aromatic N) is 3. The number of rotatable bonds is 1. The zero-order valence-corrected chi connectivity index (χ0v) is 8.69. The minimum atomic E-state index is 1.06. The minimum absolute atomic E-state index is 1.06. The molecule has 1 aromatic carbocycles. The van der Waals surface area contributed by atoms with E-state index in [1.165, 1.54) is 5.56 Å². The summed E-state index contributed by atoms with van der Waals surface area (Å²) in [7, 11) is 0. The highest BCUT2D eigenvalue weighted by Gasteiger charge is 1.98. The van der Waals surface area contributed by atoms with Crippen LogP contribution < -0.4 is 0 Å². The zero-order valence-electron chi connectivity index (χ0n) is 7.11. The molecular formula is C9H8BrN3. The van der Waals surface area contributed by atoms with Gasteiger partial charge in [0.15, 0.2) is 0 Å². The van der Waals surface area contributed by atoms with Crippen LogP contribution in [0, 0.1) is 6.92 Å². The van der Waals surface area contributed by atoms with Gasteiger partial charge in [0.25, 0.3) is 0 Å². The fourth-order valence-corrected chi connectivity index (χ4v) is 1.44. The van der Waals surface area contributed by atoms with Gasteiger partial charge in [-0.3, -0.25) is 4.57 Å². The van der Waals surface area contributed by atoms with Gasteiger partial charge in [-0.1, -0.05) is 22.0 Å². The number of hydrogen-bond acceptors (Lipinski definition) is 2. The molecule has 0 atom stereocenters. The van der Waals surface area contributed by atoms with Gasteiger partial charge in [-0.05, 0) is 24.6 Å². The summed E-state index contributed by atoms with van der Waals surface area (Å²) in [4.78, 5) is 0. The van der Waals surface area contributed by atoms with Crippen LogP contribution in [0.25, 0.3) is 5.69 Å². The number of aryl methyl sites for hydroxylation is 1. The molecule has 0 unspecified atom stereocenters. The zero-order chi connectivity index (χ0) is 9.26. The standard InChI is InChI=1S/C9H8BrN3/c1-7-2-3-8(4-9(7)10)13-5-11-12-6-13/h2-6H,1H3. The molecule has 0 bridgehead atoms. The van der Waals surface area contributed by atoms with Gasteiger partial charge in [-0.25, -0.2) is 0 Å². The summed E-state index contributed by atoms with van der Waals surface area (Å²) in [5, 5.41) is 7.50. The first-order valence-electron chi connectivity index (χ1n) is 3.88. The lowest BCUT2D eigenvalue weighted by Gasteiger charge is -2.03. The van der Waals surface area contributed by atoms with Crippen molar-refractivity contribution in [3.05, 3.63) is 40.9 Å². The Hall–Kier alpha value is -1.16. The van der Waals surface area contributed by atoms with Crippen LogP contribution in [0.15, 0.2) is 35.3 Å². The molecule has 0 aliphatic carbocycles. The first kappa shape index (κ1) is 8.44. The topological polar surface area (TPSA) is 30.7 Å². The largest absolute Gasteiger partial charge is 0.288 e. The van der Waals surface area contributed by atoms with E-state index in [-0.39, 0.29) is 0 Å². The summed E-state index contributed by atoms with van der Waals surface area (Å²) in [6.45, 7) is 2.06. The molecule has 2 rings (SSSR count). The van der Waals surface area contributed by atoms with Crippen LogP contribution in [0.4, 0.5) is 0 Å². The molecule has 0 spiro atoms. The van der Waals surface area contributed by atoms with Gasteiger partial charge >= 0.3 is 0 Å². The number of aromatic nitrogens is 3. The van der Waals surface area contributed by atoms with E-state index < -0.39 is 0 Å². The molecule has 66 valence electrons. The van der Waals surface area contributed by atoms with Crippen LogP contribution in [0.5, 0.6) is 0 Å². The maximum atomic E-state index is 3.75. The molecule has 0 saturated carbocycles. The fraction of sp³-hybridized carbons (Fsp3) is 0.111. The average molecular weight is 238 g/mol. The highest BCUT2D eigenvalue weighted by molar-refractivity contribution is 9.10. The van der Waals surface area contributed by atoms with E-state index in [2.05, 4.69) is 39.1 Å². The summed E-state index contributed by atoms with van der Waals surface area (Å²) in [5.74, 6) is 0. The van der Waals surface area contributed by atoms with E-state index in [0.29, 0.717) is 0 Å². The van der Waals surface area contributed by atoms with E-state index in [1.807, 2.05) is 16.7 Å². The lowest BCUT2D eigenvalue weighted by atomic mass is 10.2. The van der Waals surface area contributed by atoms with Crippen LogP contribution in [0.2, 0.25) is 0 Å². The molecule has 0 aliphatic rings. The van der Waals surface area contributed by atoms with Crippen molar-refractivity contribution in [3.63, 3.8) is 0 Å². The fourth-order valence-electron chi connectivity index (χ4n) is 1.08. The van der Waals surface area contributed by atoms with Crippen LogP contribution in [-0.2, 0) is 0 Å². The van der Waals surface area contributed by atoms with Crippen molar-refractivity contribution >= 4 is 15.9 Å². The quantitative estimate of drug-likeness (QED) is 0.763. The monoisotopic (exact) mass is 237 g/mol. The highest BCUT2D eigenvalue weighted by Crippen LogP contribution is 2.19. The average Bonchev–Trinajstić information content (AvgIpc) is 2.62. The van der Waals surface area contributed by atoms with Crippen molar-refractivity contribution < 1.29 is 0 Å². The molecule has 13 heavy (non-hydrogen) atoms. The highest BCUT2D eigenvalue weighted by atomic mass is 79.9. The van der Waals surface area contributed by atoms with E-state index in [0.717, 1.165) is 10.2 Å². The lowest BCUT2D eigenvalue weighted by molar-refractivity contribution is 1.05. The van der Waals surface area contributed by atoms with Crippen molar-refractivity contribution in [3.8, 4) is 5.69 Å². The third kappa shape index (κ3) is 1.62. The molecule has 1 heterocycles. The normalized spacial score (nSPS) is 10.3. The van der Waals surface area contributed by atoms with Gasteiger partial charge in [0.05, 0.1) is 0 Å². The Labute approximate surface area is 84.5 Å². The Morgan fingerprint density at radius 3 is 2.54 bits per heavy atom. The Kier molecular flexibility index (Phi) is 2.14. The van der Waals surface area contributed by atoms with E-state index in [1.54, 1.807) is 12.7 Å². The van der Waals surface area contributed by atoms with Gasteiger partial charge in [0, 0.05) is 10.2 Å². The van der Waals surface area contributed by atoms with Crippen molar-refractivity contribution in [2.75, 3.05) is 0 Å². The Morgan fingerprint density at radius 2 is 1.92 bits per heavy atom. The Bertz CT molecular complexity index is 409. The Morgan fingerprint density at radius 1 is 1.23 bits per heavy atom. The summed E-state index contributed by atoms with van der Waals surface area (Å²) in [5.41, 5.74) is 2.28. The molecule has 3 nitrogen and oxygen atoms in total. The molecule has 0 radical (unpaired) electrons. The molecule has 0 saturated heterocycles. The summed E-state index contributed by atoms with van der Waals surface area (Å²) in [6.07, 6.45) is 3.36. The number of hydrogen-bond donors (Lipinski definition) is 0. The second-order valence-corrected chi connectivity index (χ2v) is 3.66. The summed E-state index contributed by atoms with van der Waals surface area (Å²) < 4.78 is 2.96. The Balaban J connectivity index is 2.49. The predicted molar refractivity (Wildman–Crippen MR) is 53.8 cm³/mol. The van der Waals surface area contributed by atoms with Gasteiger partial charge in [-0.2, -0.15) is 0 Å².